The molecule has 1 aliphatic heterocycles. The van der Waals surface area contributed by atoms with Crippen LogP contribution in [-0.4, -0.2) is 18.9 Å². The van der Waals surface area contributed by atoms with Crippen LogP contribution in [0.1, 0.15) is 5.56 Å². The monoisotopic (exact) mass is 450 g/mol. The summed E-state index contributed by atoms with van der Waals surface area (Å²) in [4.78, 5) is 28.9. The molecule has 0 spiro atoms. The van der Waals surface area contributed by atoms with Gasteiger partial charge in [-0.2, -0.15) is 0 Å². The molecule has 0 saturated carbocycles. The zero-order valence-corrected chi connectivity index (χ0v) is 18.5. The van der Waals surface area contributed by atoms with Crippen LogP contribution in [0.4, 0.5) is 11.4 Å². The van der Waals surface area contributed by atoms with Crippen LogP contribution < -0.4 is 15.0 Å². The second kappa shape index (κ2) is 8.88. The highest BCUT2D eigenvalue weighted by molar-refractivity contribution is 8.04. The largest absolute Gasteiger partial charge is 0.497 e. The Hall–Kier alpha value is -3.22. The SMILES string of the molecule is COc1ccc(NC2=C(Sc3ccc(Cl)cc3)C(=O)N(c3ccc(C)cc3)C2=O)cc1. The molecule has 4 rings (SSSR count). The normalized spacial score (nSPS) is 13.7. The third kappa shape index (κ3) is 4.45. The number of amides is 2. The summed E-state index contributed by atoms with van der Waals surface area (Å²) in [6, 6.07) is 21.6. The zero-order chi connectivity index (χ0) is 22.0. The van der Waals surface area contributed by atoms with E-state index in [4.69, 9.17) is 16.3 Å². The van der Waals surface area contributed by atoms with Crippen molar-refractivity contribution < 1.29 is 14.3 Å². The summed E-state index contributed by atoms with van der Waals surface area (Å²) in [6.07, 6.45) is 0. The number of hydrogen-bond donors (Lipinski definition) is 1. The summed E-state index contributed by atoms with van der Waals surface area (Å²) in [7, 11) is 1.59. The Kier molecular flexibility index (Phi) is 6.02. The lowest BCUT2D eigenvalue weighted by Crippen LogP contribution is -2.32. The number of ether oxygens (including phenoxy) is 1. The first-order valence-electron chi connectivity index (χ1n) is 9.50. The highest BCUT2D eigenvalue weighted by Gasteiger charge is 2.40. The molecule has 0 aromatic heterocycles. The Morgan fingerprint density at radius 3 is 2.13 bits per heavy atom. The molecular formula is C24H19ClN2O3S. The second-order valence-electron chi connectivity index (χ2n) is 6.89. The maximum Gasteiger partial charge on any atom is 0.283 e. The number of nitrogens with zero attached hydrogens (tertiary/aromatic N) is 1. The summed E-state index contributed by atoms with van der Waals surface area (Å²) in [5.74, 6) is -0.0728. The molecule has 156 valence electrons. The van der Waals surface area contributed by atoms with Crippen molar-refractivity contribution in [2.24, 2.45) is 0 Å². The average molecular weight is 451 g/mol. The number of imide groups is 1. The van der Waals surface area contributed by atoms with Gasteiger partial charge in [0.1, 0.15) is 16.4 Å². The zero-order valence-electron chi connectivity index (χ0n) is 16.9. The molecule has 0 radical (unpaired) electrons. The lowest BCUT2D eigenvalue weighted by Gasteiger charge is -2.15. The molecule has 3 aromatic rings. The minimum absolute atomic E-state index is 0.232. The molecule has 0 aliphatic carbocycles. The van der Waals surface area contributed by atoms with Crippen molar-refractivity contribution in [3.8, 4) is 5.75 Å². The van der Waals surface area contributed by atoms with E-state index in [0.29, 0.717) is 27.1 Å². The fourth-order valence-electron chi connectivity index (χ4n) is 3.08. The predicted octanol–water partition coefficient (Wildman–Crippen LogP) is 5.65. The van der Waals surface area contributed by atoms with Crippen LogP contribution in [0.3, 0.4) is 0 Å². The number of rotatable bonds is 6. The Bertz CT molecular complexity index is 1160. The molecule has 7 heteroatoms. The third-order valence-electron chi connectivity index (χ3n) is 4.73. The lowest BCUT2D eigenvalue weighted by molar-refractivity contribution is -0.120. The number of benzene rings is 3. The van der Waals surface area contributed by atoms with E-state index < -0.39 is 5.91 Å². The van der Waals surface area contributed by atoms with E-state index in [1.165, 1.54) is 16.7 Å². The van der Waals surface area contributed by atoms with E-state index >= 15 is 0 Å². The number of thioether (sulfide) groups is 1. The van der Waals surface area contributed by atoms with Crippen molar-refractivity contribution in [1.29, 1.82) is 0 Å². The molecule has 0 saturated heterocycles. The topological polar surface area (TPSA) is 58.6 Å². The van der Waals surface area contributed by atoms with Gasteiger partial charge in [0.2, 0.25) is 0 Å². The van der Waals surface area contributed by atoms with E-state index in [2.05, 4.69) is 5.32 Å². The van der Waals surface area contributed by atoms with Crippen LogP contribution >= 0.6 is 23.4 Å². The molecule has 3 aromatic carbocycles. The van der Waals surface area contributed by atoms with Crippen LogP contribution in [0.5, 0.6) is 5.75 Å². The summed E-state index contributed by atoms with van der Waals surface area (Å²) in [5, 5.41) is 3.73. The molecule has 1 heterocycles. The van der Waals surface area contributed by atoms with E-state index in [1.807, 2.05) is 31.2 Å². The number of carbonyl (C=O) groups excluding carboxylic acids is 2. The van der Waals surface area contributed by atoms with Gasteiger partial charge in [0.05, 0.1) is 12.8 Å². The van der Waals surface area contributed by atoms with Crippen molar-refractivity contribution in [1.82, 2.24) is 0 Å². The molecule has 2 amide bonds. The van der Waals surface area contributed by atoms with Gasteiger partial charge in [0.15, 0.2) is 0 Å². The van der Waals surface area contributed by atoms with Crippen LogP contribution in [0, 0.1) is 6.92 Å². The molecule has 0 fully saturated rings. The van der Waals surface area contributed by atoms with Gasteiger partial charge in [-0.05, 0) is 67.6 Å². The highest BCUT2D eigenvalue weighted by atomic mass is 35.5. The van der Waals surface area contributed by atoms with Crippen molar-refractivity contribution in [2.75, 3.05) is 17.3 Å². The Balaban J connectivity index is 1.71. The Morgan fingerprint density at radius 2 is 1.52 bits per heavy atom. The molecule has 0 bridgehead atoms. The number of anilines is 2. The number of carbonyl (C=O) groups is 2. The minimum atomic E-state index is -0.402. The molecule has 1 aliphatic rings. The van der Waals surface area contributed by atoms with Crippen molar-refractivity contribution >= 4 is 46.6 Å². The van der Waals surface area contributed by atoms with Crippen molar-refractivity contribution in [3.05, 3.63) is 94.0 Å². The maximum atomic E-state index is 13.3. The van der Waals surface area contributed by atoms with Crippen molar-refractivity contribution in [3.63, 3.8) is 0 Å². The summed E-state index contributed by atoms with van der Waals surface area (Å²) >= 11 is 7.21. The van der Waals surface area contributed by atoms with Gasteiger partial charge < -0.3 is 10.1 Å². The number of hydrogen-bond acceptors (Lipinski definition) is 5. The fraction of sp³-hybridized carbons (Fsp3) is 0.0833. The smallest absolute Gasteiger partial charge is 0.283 e. The first-order valence-corrected chi connectivity index (χ1v) is 10.7. The van der Waals surface area contributed by atoms with Gasteiger partial charge >= 0.3 is 0 Å². The first kappa shape index (κ1) is 21.0. The number of aryl methyl sites for hydroxylation is 1. The Labute approximate surface area is 189 Å². The average Bonchev–Trinajstić information content (AvgIpc) is 3.00. The van der Waals surface area contributed by atoms with Gasteiger partial charge in [-0.15, -0.1) is 0 Å². The van der Waals surface area contributed by atoms with Crippen LogP contribution in [0.2, 0.25) is 5.02 Å². The first-order chi connectivity index (χ1) is 15.0. The van der Waals surface area contributed by atoms with Gasteiger partial charge in [0, 0.05) is 15.6 Å². The number of halogens is 1. The molecule has 31 heavy (non-hydrogen) atoms. The van der Waals surface area contributed by atoms with Gasteiger partial charge in [-0.1, -0.05) is 41.1 Å². The standard InChI is InChI=1S/C24H19ClN2O3S/c1-15-3-9-18(10-4-15)27-23(28)21(26-17-7-11-19(30-2)12-8-17)22(24(27)29)31-20-13-5-16(25)6-14-20/h3-14,26H,1-2H3. The minimum Gasteiger partial charge on any atom is -0.497 e. The number of nitrogens with one attached hydrogen (secondary N) is 1. The molecule has 0 unspecified atom stereocenters. The Morgan fingerprint density at radius 1 is 0.871 bits per heavy atom. The van der Waals surface area contributed by atoms with E-state index in [-0.39, 0.29) is 11.6 Å². The van der Waals surface area contributed by atoms with Gasteiger partial charge in [-0.3, -0.25) is 9.59 Å². The molecule has 0 atom stereocenters. The van der Waals surface area contributed by atoms with Gasteiger partial charge in [0.25, 0.3) is 11.8 Å². The third-order valence-corrected chi connectivity index (χ3v) is 6.07. The van der Waals surface area contributed by atoms with E-state index in [9.17, 15) is 9.59 Å². The molecule has 5 nitrogen and oxygen atoms in total. The van der Waals surface area contributed by atoms with E-state index in [1.54, 1.807) is 55.6 Å². The molecule has 1 N–H and O–H groups in total. The van der Waals surface area contributed by atoms with Gasteiger partial charge in [-0.25, -0.2) is 4.90 Å². The van der Waals surface area contributed by atoms with Crippen LogP contribution in [0.15, 0.2) is 88.3 Å². The fourth-order valence-corrected chi connectivity index (χ4v) is 4.13. The quantitative estimate of drug-likeness (QED) is 0.492. The second-order valence-corrected chi connectivity index (χ2v) is 8.42. The highest BCUT2D eigenvalue weighted by Crippen LogP contribution is 2.38. The summed E-state index contributed by atoms with van der Waals surface area (Å²) < 4.78 is 5.19. The lowest BCUT2D eigenvalue weighted by atomic mass is 10.2. The predicted molar refractivity (Wildman–Crippen MR) is 125 cm³/mol. The van der Waals surface area contributed by atoms with Crippen LogP contribution in [0.25, 0.3) is 0 Å². The van der Waals surface area contributed by atoms with Crippen LogP contribution in [-0.2, 0) is 9.59 Å². The summed E-state index contributed by atoms with van der Waals surface area (Å²) in [5.41, 5.74) is 2.48. The molecular weight excluding hydrogens is 432 g/mol. The van der Waals surface area contributed by atoms with E-state index in [0.717, 1.165) is 10.5 Å². The number of methoxy groups -OCH3 is 1. The maximum absolute atomic E-state index is 13.3. The van der Waals surface area contributed by atoms with Crippen molar-refractivity contribution in [2.45, 2.75) is 11.8 Å². The summed E-state index contributed by atoms with van der Waals surface area (Å²) in [6.45, 7) is 1.95.